The molecule has 3 N–H and O–H groups in total. The molecule has 0 aliphatic rings. The van der Waals surface area contributed by atoms with Crippen LogP contribution in [0.2, 0.25) is 0 Å². The molecule has 1 atom stereocenters. The number of aliphatic hydroxyl groups is 1. The summed E-state index contributed by atoms with van der Waals surface area (Å²) in [6.45, 7) is 1.76. The third-order valence-electron chi connectivity index (χ3n) is 2.05. The quantitative estimate of drug-likeness (QED) is 0.767. The first kappa shape index (κ1) is 10.9. The van der Waals surface area contributed by atoms with Gasteiger partial charge in [0.1, 0.15) is 11.6 Å². The van der Waals surface area contributed by atoms with Gasteiger partial charge in [-0.15, -0.1) is 0 Å². The van der Waals surface area contributed by atoms with E-state index in [1.165, 1.54) is 19.2 Å². The fourth-order valence-electron chi connectivity index (χ4n) is 1.41. The lowest BCUT2D eigenvalue weighted by atomic mass is 10.0. The number of rotatable bonds is 3. The van der Waals surface area contributed by atoms with Crippen LogP contribution in [0.15, 0.2) is 12.1 Å². The van der Waals surface area contributed by atoms with Crippen molar-refractivity contribution in [3.05, 3.63) is 29.1 Å². The number of nitrogens with two attached hydrogens (primary N) is 1. The lowest BCUT2D eigenvalue weighted by Gasteiger charge is -2.15. The van der Waals surface area contributed by atoms with Crippen molar-refractivity contribution in [3.63, 3.8) is 0 Å². The largest absolute Gasteiger partial charge is 0.496 e. The van der Waals surface area contributed by atoms with Crippen LogP contribution in [-0.4, -0.2) is 18.8 Å². The summed E-state index contributed by atoms with van der Waals surface area (Å²) in [6.07, 6.45) is -0.889. The Morgan fingerprint density at radius 2 is 2.21 bits per heavy atom. The second kappa shape index (κ2) is 4.39. The van der Waals surface area contributed by atoms with Crippen molar-refractivity contribution in [1.82, 2.24) is 0 Å². The van der Waals surface area contributed by atoms with Crippen molar-refractivity contribution in [2.45, 2.75) is 13.0 Å². The first-order valence-corrected chi connectivity index (χ1v) is 4.32. The van der Waals surface area contributed by atoms with Gasteiger partial charge in [-0.2, -0.15) is 0 Å². The van der Waals surface area contributed by atoms with Crippen LogP contribution in [0, 0.1) is 12.7 Å². The minimum absolute atomic E-state index is 0.0409. The number of benzene rings is 1. The number of aryl methyl sites for hydroxylation is 1. The maximum absolute atomic E-state index is 13.0. The lowest BCUT2D eigenvalue weighted by Crippen LogP contribution is -2.13. The Balaban J connectivity index is 3.24. The van der Waals surface area contributed by atoms with E-state index in [1.54, 1.807) is 6.92 Å². The summed E-state index contributed by atoms with van der Waals surface area (Å²) in [6, 6.07) is 2.59. The van der Waals surface area contributed by atoms with Crippen molar-refractivity contribution in [2.75, 3.05) is 13.7 Å². The highest BCUT2D eigenvalue weighted by Gasteiger charge is 2.15. The van der Waals surface area contributed by atoms with Gasteiger partial charge in [0.2, 0.25) is 0 Å². The highest BCUT2D eigenvalue weighted by atomic mass is 19.1. The number of ether oxygens (including phenoxy) is 1. The van der Waals surface area contributed by atoms with E-state index in [0.29, 0.717) is 16.9 Å². The maximum Gasteiger partial charge on any atom is 0.127 e. The van der Waals surface area contributed by atoms with E-state index >= 15 is 0 Å². The Morgan fingerprint density at radius 3 is 2.71 bits per heavy atom. The number of methoxy groups -OCH3 is 1. The molecule has 0 aliphatic carbocycles. The molecule has 4 heteroatoms. The summed E-state index contributed by atoms with van der Waals surface area (Å²) < 4.78 is 18.1. The van der Waals surface area contributed by atoms with Gasteiger partial charge in [-0.3, -0.25) is 0 Å². The van der Waals surface area contributed by atoms with Crippen molar-refractivity contribution in [1.29, 1.82) is 0 Å². The van der Waals surface area contributed by atoms with Gasteiger partial charge in [-0.05, 0) is 24.6 Å². The molecule has 0 heterocycles. The molecule has 0 amide bonds. The van der Waals surface area contributed by atoms with Crippen LogP contribution in [0.25, 0.3) is 0 Å². The average molecular weight is 199 g/mol. The van der Waals surface area contributed by atoms with E-state index in [2.05, 4.69) is 0 Å². The van der Waals surface area contributed by atoms with Crippen LogP contribution in [0.3, 0.4) is 0 Å². The van der Waals surface area contributed by atoms with E-state index in [4.69, 9.17) is 10.5 Å². The van der Waals surface area contributed by atoms with Gasteiger partial charge in [0.05, 0.1) is 13.2 Å². The zero-order chi connectivity index (χ0) is 10.7. The van der Waals surface area contributed by atoms with E-state index in [-0.39, 0.29) is 6.54 Å². The molecule has 1 rings (SSSR count). The fourth-order valence-corrected chi connectivity index (χ4v) is 1.41. The molecule has 1 aromatic carbocycles. The number of halogens is 1. The molecule has 3 nitrogen and oxygen atoms in total. The standard InChI is InChI=1S/C10H14FNO2/c1-6-3-7(11)4-8(9(13)5-12)10(6)14-2/h3-4,9,13H,5,12H2,1-2H3. The Morgan fingerprint density at radius 1 is 1.57 bits per heavy atom. The van der Waals surface area contributed by atoms with Crippen LogP contribution in [0.5, 0.6) is 5.75 Å². The number of hydrogen-bond acceptors (Lipinski definition) is 3. The van der Waals surface area contributed by atoms with Crippen LogP contribution in [0.1, 0.15) is 17.2 Å². The Hall–Kier alpha value is -1.13. The maximum atomic E-state index is 13.0. The molecule has 0 radical (unpaired) electrons. The van der Waals surface area contributed by atoms with Gasteiger partial charge < -0.3 is 15.6 Å². The van der Waals surface area contributed by atoms with Gasteiger partial charge >= 0.3 is 0 Å². The highest BCUT2D eigenvalue weighted by Crippen LogP contribution is 2.29. The van der Waals surface area contributed by atoms with E-state index in [9.17, 15) is 9.50 Å². The fraction of sp³-hybridized carbons (Fsp3) is 0.400. The summed E-state index contributed by atoms with van der Waals surface area (Å²) >= 11 is 0. The molecular formula is C10H14FNO2. The first-order chi connectivity index (χ1) is 6.60. The minimum Gasteiger partial charge on any atom is -0.496 e. The highest BCUT2D eigenvalue weighted by molar-refractivity contribution is 5.42. The smallest absolute Gasteiger partial charge is 0.127 e. The third kappa shape index (κ3) is 2.02. The van der Waals surface area contributed by atoms with Crippen molar-refractivity contribution in [2.24, 2.45) is 5.73 Å². The van der Waals surface area contributed by atoms with Gasteiger partial charge in [-0.1, -0.05) is 0 Å². The van der Waals surface area contributed by atoms with Crippen molar-refractivity contribution in [3.8, 4) is 5.75 Å². The van der Waals surface area contributed by atoms with Gasteiger partial charge in [0.25, 0.3) is 0 Å². The normalized spacial score (nSPS) is 12.6. The van der Waals surface area contributed by atoms with Gasteiger partial charge in [0.15, 0.2) is 0 Å². The predicted octanol–water partition coefficient (Wildman–Crippen LogP) is 1.13. The minimum atomic E-state index is -0.889. The van der Waals surface area contributed by atoms with Crippen LogP contribution >= 0.6 is 0 Å². The molecular weight excluding hydrogens is 185 g/mol. The SMILES string of the molecule is COc1c(C)cc(F)cc1C(O)CN. The Kier molecular flexibility index (Phi) is 3.43. The molecule has 0 saturated heterocycles. The lowest BCUT2D eigenvalue weighted by molar-refractivity contribution is 0.181. The second-order valence-electron chi connectivity index (χ2n) is 3.10. The predicted molar refractivity (Wildman–Crippen MR) is 51.7 cm³/mol. The number of aliphatic hydroxyl groups excluding tert-OH is 1. The zero-order valence-electron chi connectivity index (χ0n) is 8.25. The molecule has 0 aromatic heterocycles. The summed E-state index contributed by atoms with van der Waals surface area (Å²) in [5.41, 5.74) is 6.34. The van der Waals surface area contributed by atoms with Gasteiger partial charge in [0, 0.05) is 12.1 Å². The number of hydrogen-bond donors (Lipinski definition) is 2. The molecule has 0 bridgehead atoms. The van der Waals surface area contributed by atoms with Crippen LogP contribution in [-0.2, 0) is 0 Å². The second-order valence-corrected chi connectivity index (χ2v) is 3.10. The van der Waals surface area contributed by atoms with Crippen molar-refractivity contribution < 1.29 is 14.2 Å². The molecule has 14 heavy (non-hydrogen) atoms. The molecule has 1 unspecified atom stereocenters. The average Bonchev–Trinajstić information content (AvgIpc) is 2.15. The van der Waals surface area contributed by atoms with Gasteiger partial charge in [-0.25, -0.2) is 4.39 Å². The Labute approximate surface area is 82.3 Å². The van der Waals surface area contributed by atoms with Crippen LogP contribution < -0.4 is 10.5 Å². The molecule has 0 saturated carbocycles. The summed E-state index contributed by atoms with van der Waals surface area (Å²) in [4.78, 5) is 0. The molecule has 78 valence electrons. The molecule has 0 spiro atoms. The molecule has 0 aliphatic heterocycles. The van der Waals surface area contributed by atoms with Crippen LogP contribution in [0.4, 0.5) is 4.39 Å². The third-order valence-corrected chi connectivity index (χ3v) is 2.05. The van der Waals surface area contributed by atoms with E-state index < -0.39 is 11.9 Å². The summed E-state index contributed by atoms with van der Waals surface area (Å²) in [7, 11) is 1.48. The summed E-state index contributed by atoms with van der Waals surface area (Å²) in [5, 5.41) is 9.52. The molecule has 0 fully saturated rings. The monoisotopic (exact) mass is 199 g/mol. The topological polar surface area (TPSA) is 55.5 Å². The zero-order valence-corrected chi connectivity index (χ0v) is 8.25. The Bertz CT molecular complexity index is 328. The van der Waals surface area contributed by atoms with Crippen molar-refractivity contribution >= 4 is 0 Å². The first-order valence-electron chi connectivity index (χ1n) is 4.32. The molecule has 1 aromatic rings. The van der Waals surface area contributed by atoms with E-state index in [1.807, 2.05) is 0 Å². The summed E-state index contributed by atoms with van der Waals surface area (Å²) in [5.74, 6) is 0.0927. The van der Waals surface area contributed by atoms with E-state index in [0.717, 1.165) is 0 Å².